The number of amides is 4. The van der Waals surface area contributed by atoms with E-state index in [1.165, 1.54) is 19.0 Å². The van der Waals surface area contributed by atoms with Gasteiger partial charge >= 0.3 is 6.03 Å². The van der Waals surface area contributed by atoms with Gasteiger partial charge in [-0.15, -0.1) is 0 Å². The average molecular weight is 332 g/mol. The first kappa shape index (κ1) is 17.8. The monoisotopic (exact) mass is 332 g/mol. The first-order valence-electron chi connectivity index (χ1n) is 7.99. The molecule has 1 aromatic rings. The second kappa shape index (κ2) is 7.81. The van der Waals surface area contributed by atoms with Gasteiger partial charge in [-0.3, -0.25) is 14.5 Å². The lowest BCUT2D eigenvalue weighted by Crippen LogP contribution is -2.38. The molecule has 1 aromatic carbocycles. The number of para-hydroxylation sites is 1. The highest BCUT2D eigenvalue weighted by Crippen LogP contribution is 2.16. The number of nitrogens with one attached hydrogen (secondary N) is 1. The molecule has 1 aliphatic rings. The second-order valence-corrected chi connectivity index (χ2v) is 5.97. The molecule has 1 N–H and O–H groups in total. The van der Waals surface area contributed by atoms with Crippen LogP contribution in [0, 0.1) is 0 Å². The fourth-order valence-electron chi connectivity index (χ4n) is 2.68. The Morgan fingerprint density at radius 1 is 1.21 bits per heavy atom. The number of nitrogens with zero attached hydrogens (tertiary/aromatic N) is 3. The van der Waals surface area contributed by atoms with Crippen molar-refractivity contribution in [3.05, 3.63) is 30.3 Å². The van der Waals surface area contributed by atoms with E-state index in [-0.39, 0.29) is 24.3 Å². The summed E-state index contributed by atoms with van der Waals surface area (Å²) in [4.78, 5) is 40.0. The maximum atomic E-state index is 12.0. The van der Waals surface area contributed by atoms with E-state index < -0.39 is 6.04 Å². The predicted octanol–water partition coefficient (Wildman–Crippen LogP) is 0.912. The molecule has 1 unspecified atom stereocenters. The van der Waals surface area contributed by atoms with Gasteiger partial charge in [0, 0.05) is 39.9 Å². The van der Waals surface area contributed by atoms with Gasteiger partial charge in [-0.2, -0.15) is 0 Å². The molecule has 4 amide bonds. The lowest BCUT2D eigenvalue weighted by molar-refractivity contribution is -0.131. The molecule has 1 aliphatic heterocycles. The first-order valence-corrected chi connectivity index (χ1v) is 7.99. The molecule has 7 heteroatoms. The average Bonchev–Trinajstić information content (AvgIpc) is 2.77. The molecule has 2 rings (SSSR count). The first-order chi connectivity index (χ1) is 11.4. The molecule has 1 atom stereocenters. The number of imide groups is 1. The third-order valence-electron chi connectivity index (χ3n) is 4.24. The van der Waals surface area contributed by atoms with Crippen molar-refractivity contribution in [2.24, 2.45) is 0 Å². The molecular weight excluding hydrogens is 308 g/mol. The van der Waals surface area contributed by atoms with Crippen molar-refractivity contribution in [2.75, 3.05) is 39.1 Å². The molecule has 1 saturated heterocycles. The zero-order valence-corrected chi connectivity index (χ0v) is 14.4. The van der Waals surface area contributed by atoms with Crippen LogP contribution in [0.5, 0.6) is 0 Å². The Kier molecular flexibility index (Phi) is 5.78. The summed E-state index contributed by atoms with van der Waals surface area (Å²) in [7, 11) is 4.97. The lowest BCUT2D eigenvalue weighted by atomic mass is 10.2. The highest BCUT2D eigenvalue weighted by Gasteiger charge is 2.41. The maximum absolute atomic E-state index is 12.0. The van der Waals surface area contributed by atoms with Gasteiger partial charge < -0.3 is 15.1 Å². The van der Waals surface area contributed by atoms with Crippen LogP contribution in [0.3, 0.4) is 0 Å². The Morgan fingerprint density at radius 2 is 1.88 bits per heavy atom. The Hall–Kier alpha value is -2.57. The summed E-state index contributed by atoms with van der Waals surface area (Å²) < 4.78 is 0. The number of carbonyl (C=O) groups is 3. The van der Waals surface area contributed by atoms with E-state index in [1.54, 1.807) is 0 Å². The zero-order valence-electron chi connectivity index (χ0n) is 14.4. The largest absolute Gasteiger partial charge is 0.375 e. The van der Waals surface area contributed by atoms with Gasteiger partial charge in [0.25, 0.3) is 5.91 Å². The number of anilines is 1. The molecule has 0 saturated carbocycles. The van der Waals surface area contributed by atoms with E-state index >= 15 is 0 Å². The van der Waals surface area contributed by atoms with Gasteiger partial charge in [-0.25, -0.2) is 4.79 Å². The minimum absolute atomic E-state index is 0.0000616. The third kappa shape index (κ3) is 4.04. The molecule has 0 bridgehead atoms. The Morgan fingerprint density at radius 3 is 2.46 bits per heavy atom. The minimum atomic E-state index is -0.700. The van der Waals surface area contributed by atoms with Gasteiger partial charge in [0.2, 0.25) is 5.91 Å². The van der Waals surface area contributed by atoms with Crippen LogP contribution in [0.1, 0.15) is 12.8 Å². The van der Waals surface area contributed by atoms with Crippen molar-refractivity contribution in [2.45, 2.75) is 18.9 Å². The molecule has 1 heterocycles. The fraction of sp³-hybridized carbons (Fsp3) is 0.471. The highest BCUT2D eigenvalue weighted by atomic mass is 16.2. The van der Waals surface area contributed by atoms with E-state index in [0.29, 0.717) is 6.54 Å². The maximum Gasteiger partial charge on any atom is 0.326 e. The lowest BCUT2D eigenvalue weighted by Gasteiger charge is -2.19. The smallest absolute Gasteiger partial charge is 0.326 e. The molecule has 7 nitrogen and oxygen atoms in total. The Bertz CT molecular complexity index is 605. The quantitative estimate of drug-likeness (QED) is 0.595. The summed E-state index contributed by atoms with van der Waals surface area (Å²) in [6, 6.07) is 8.95. The van der Waals surface area contributed by atoms with Crippen molar-refractivity contribution in [1.29, 1.82) is 0 Å². The molecule has 24 heavy (non-hydrogen) atoms. The van der Waals surface area contributed by atoms with Crippen LogP contribution in [0.2, 0.25) is 0 Å². The summed E-state index contributed by atoms with van der Waals surface area (Å²) in [5, 5.41) is 2.81. The summed E-state index contributed by atoms with van der Waals surface area (Å²) >= 11 is 0. The van der Waals surface area contributed by atoms with Crippen molar-refractivity contribution in [3.8, 4) is 0 Å². The second-order valence-electron chi connectivity index (χ2n) is 5.97. The van der Waals surface area contributed by atoms with Crippen LogP contribution in [0.25, 0.3) is 0 Å². The Labute approximate surface area is 142 Å². The molecule has 0 radical (unpaired) electrons. The highest BCUT2D eigenvalue weighted by molar-refractivity contribution is 6.05. The van der Waals surface area contributed by atoms with Crippen molar-refractivity contribution < 1.29 is 14.4 Å². The van der Waals surface area contributed by atoms with E-state index in [1.807, 2.05) is 37.4 Å². The van der Waals surface area contributed by atoms with Crippen LogP contribution >= 0.6 is 0 Å². The van der Waals surface area contributed by atoms with E-state index in [9.17, 15) is 14.4 Å². The van der Waals surface area contributed by atoms with Crippen molar-refractivity contribution in [1.82, 2.24) is 15.1 Å². The summed E-state index contributed by atoms with van der Waals surface area (Å²) in [6.07, 6.45) is 0.796. The normalized spacial score (nSPS) is 17.4. The molecule has 0 aliphatic carbocycles. The Balaban J connectivity index is 1.70. The van der Waals surface area contributed by atoms with Gasteiger partial charge in [-0.1, -0.05) is 18.2 Å². The SMILES string of the molecule is CN1C(=O)C(CC(=O)NCCCN(C)c2ccccc2)N(C)C1=O. The molecule has 0 spiro atoms. The van der Waals surface area contributed by atoms with Crippen LogP contribution in [0.15, 0.2) is 30.3 Å². The zero-order chi connectivity index (χ0) is 17.7. The number of hydrogen-bond acceptors (Lipinski definition) is 4. The van der Waals surface area contributed by atoms with Crippen LogP contribution in [-0.2, 0) is 9.59 Å². The van der Waals surface area contributed by atoms with Gasteiger partial charge in [0.05, 0.1) is 6.42 Å². The summed E-state index contributed by atoms with van der Waals surface area (Å²) in [6.45, 7) is 1.35. The van der Waals surface area contributed by atoms with Gasteiger partial charge in [0.1, 0.15) is 6.04 Å². The van der Waals surface area contributed by atoms with Crippen LogP contribution < -0.4 is 10.2 Å². The number of likely N-dealkylation sites (N-methyl/N-ethyl adjacent to an activating group) is 2. The number of benzene rings is 1. The number of carbonyl (C=O) groups excluding carboxylic acids is 3. The topological polar surface area (TPSA) is 73.0 Å². The molecule has 130 valence electrons. The number of urea groups is 1. The van der Waals surface area contributed by atoms with E-state index in [4.69, 9.17) is 0 Å². The van der Waals surface area contributed by atoms with E-state index in [0.717, 1.165) is 23.6 Å². The standard InChI is InChI=1S/C17H24N4O3/c1-19(13-8-5-4-6-9-13)11-7-10-18-15(22)12-14-16(23)21(3)17(24)20(14)2/h4-6,8-9,14H,7,10-12H2,1-3H3,(H,18,22). The third-order valence-corrected chi connectivity index (χ3v) is 4.24. The fourth-order valence-corrected chi connectivity index (χ4v) is 2.68. The number of rotatable bonds is 7. The predicted molar refractivity (Wildman–Crippen MR) is 91.7 cm³/mol. The summed E-state index contributed by atoms with van der Waals surface area (Å²) in [5.41, 5.74) is 1.13. The minimum Gasteiger partial charge on any atom is -0.375 e. The molecule has 1 fully saturated rings. The van der Waals surface area contributed by atoms with E-state index in [2.05, 4.69) is 10.2 Å². The van der Waals surface area contributed by atoms with Crippen LogP contribution in [-0.4, -0.2) is 67.9 Å². The summed E-state index contributed by atoms with van der Waals surface area (Å²) in [5.74, 6) is -0.549. The molecule has 0 aromatic heterocycles. The van der Waals surface area contributed by atoms with Crippen LogP contribution in [0.4, 0.5) is 10.5 Å². The molecular formula is C17H24N4O3. The van der Waals surface area contributed by atoms with Crippen molar-refractivity contribution >= 4 is 23.5 Å². The van der Waals surface area contributed by atoms with Gasteiger partial charge in [-0.05, 0) is 18.6 Å². The van der Waals surface area contributed by atoms with Crippen molar-refractivity contribution in [3.63, 3.8) is 0 Å². The number of hydrogen-bond donors (Lipinski definition) is 1. The van der Waals surface area contributed by atoms with Gasteiger partial charge in [0.15, 0.2) is 0 Å².